The fourth-order valence-corrected chi connectivity index (χ4v) is 7.02. The van der Waals surface area contributed by atoms with Crippen molar-refractivity contribution in [3.63, 3.8) is 0 Å². The van der Waals surface area contributed by atoms with E-state index >= 15 is 0 Å². The lowest BCUT2D eigenvalue weighted by Gasteiger charge is -2.61. The van der Waals surface area contributed by atoms with Gasteiger partial charge < -0.3 is 10.2 Å². The minimum atomic E-state index is -0.402. The highest BCUT2D eigenvalue weighted by Crippen LogP contribution is 2.50. The van der Waals surface area contributed by atoms with Crippen molar-refractivity contribution < 1.29 is 9.18 Å². The molecule has 3 aliphatic heterocycles. The highest BCUT2D eigenvalue weighted by molar-refractivity contribution is 14.2. The number of hydrogen-bond donors (Lipinski definition) is 1. The predicted octanol–water partition coefficient (Wildman–Crippen LogP) is 5.86. The first kappa shape index (κ1) is 22.5. The number of piperidine rings is 1. The molecule has 1 N–H and O–H groups in total. The fraction of sp³-hybridized carbons (Fsp3) is 0.333. The van der Waals surface area contributed by atoms with E-state index in [2.05, 4.69) is 61.7 Å². The van der Waals surface area contributed by atoms with Gasteiger partial charge in [0.05, 0.1) is 5.69 Å². The number of amides is 2. The van der Waals surface area contributed by atoms with Crippen molar-refractivity contribution in [2.75, 3.05) is 25.0 Å². The first-order valence-corrected chi connectivity index (χ1v) is 14.0. The molecule has 3 heterocycles. The topological polar surface area (TPSA) is 35.6 Å². The van der Waals surface area contributed by atoms with E-state index in [1.54, 1.807) is 18.2 Å². The summed E-state index contributed by atoms with van der Waals surface area (Å²) in [7, 11) is 0. The largest absolute Gasteiger partial charge is 0.324 e. The number of nitrogens with zero attached hydrogens (tertiary/aromatic N) is 2. The summed E-state index contributed by atoms with van der Waals surface area (Å²) >= 11 is -0.0192. The summed E-state index contributed by atoms with van der Waals surface area (Å²) < 4.78 is 18.7. The van der Waals surface area contributed by atoms with E-state index < -0.39 is 5.82 Å². The third-order valence-electron chi connectivity index (χ3n) is 7.20. The second-order valence-electron chi connectivity index (χ2n) is 9.21. The maximum atomic E-state index is 14.0. The van der Waals surface area contributed by atoms with E-state index in [1.807, 2.05) is 4.90 Å². The van der Waals surface area contributed by atoms with Crippen molar-refractivity contribution in [3.05, 3.63) is 87.3 Å². The van der Waals surface area contributed by atoms with E-state index in [0.717, 1.165) is 25.9 Å². The average Bonchev–Trinajstić information content (AvgIpc) is 2.82. The zero-order valence-corrected chi connectivity index (χ0v) is 21.0. The molecule has 2 aromatic carbocycles. The van der Waals surface area contributed by atoms with Gasteiger partial charge in [0.2, 0.25) is 0 Å². The molecule has 1 unspecified atom stereocenters. The molecule has 0 aliphatic carbocycles. The van der Waals surface area contributed by atoms with E-state index in [4.69, 9.17) is 0 Å². The molecule has 1 spiro atoms. The number of nitrogens with one attached hydrogen (secondary N) is 1. The quantitative estimate of drug-likeness (QED) is 0.479. The molecule has 2 fully saturated rings. The molecule has 4 nitrogen and oxygen atoms in total. The number of carbonyl (C=O) groups is 1. The number of hydrogen-bond acceptors (Lipinski definition) is 2. The Morgan fingerprint density at radius 1 is 1.15 bits per heavy atom. The molecule has 0 aromatic heterocycles. The third-order valence-corrected chi connectivity index (χ3v) is 9.11. The van der Waals surface area contributed by atoms with Gasteiger partial charge in [0.15, 0.2) is 0 Å². The van der Waals surface area contributed by atoms with E-state index in [1.165, 1.54) is 22.8 Å². The SMILES string of the molecule is Cc1ccccc1CN1CC2(CCN(C(=O)Nc3ccccc3F)CC2)C1C1=CI=CC=C1. The van der Waals surface area contributed by atoms with Gasteiger partial charge in [-0.15, -0.1) is 0 Å². The highest BCUT2D eigenvalue weighted by Gasteiger charge is 2.54. The van der Waals surface area contributed by atoms with E-state index in [9.17, 15) is 9.18 Å². The van der Waals surface area contributed by atoms with Crippen LogP contribution in [0.25, 0.3) is 0 Å². The molecular formula is C27H29FIN3O. The minimum absolute atomic E-state index is 0.0192. The summed E-state index contributed by atoms with van der Waals surface area (Å²) in [5.41, 5.74) is 4.63. The Bertz CT molecular complexity index is 1130. The van der Waals surface area contributed by atoms with Gasteiger partial charge in [0.1, 0.15) is 5.82 Å². The molecule has 1 atom stereocenters. The Balaban J connectivity index is 1.29. The van der Waals surface area contributed by atoms with Crippen LogP contribution in [0.4, 0.5) is 14.9 Å². The summed E-state index contributed by atoms with van der Waals surface area (Å²) in [6, 6.07) is 15.2. The minimum Gasteiger partial charge on any atom is -0.324 e. The summed E-state index contributed by atoms with van der Waals surface area (Å²) in [5, 5.41) is 2.74. The van der Waals surface area contributed by atoms with Crippen LogP contribution in [0.15, 0.2) is 70.3 Å². The summed E-state index contributed by atoms with van der Waals surface area (Å²) in [6.45, 7) is 5.61. The highest BCUT2D eigenvalue weighted by atomic mass is 127. The monoisotopic (exact) mass is 557 g/mol. The first-order valence-electron chi connectivity index (χ1n) is 11.5. The van der Waals surface area contributed by atoms with Gasteiger partial charge in [-0.3, -0.25) is 4.90 Å². The fourth-order valence-electron chi connectivity index (χ4n) is 5.40. The number of rotatable bonds is 4. The number of allylic oxidation sites excluding steroid dienone is 1. The van der Waals surface area contributed by atoms with E-state index in [-0.39, 0.29) is 37.9 Å². The van der Waals surface area contributed by atoms with Crippen LogP contribution < -0.4 is 5.32 Å². The Kier molecular flexibility index (Phi) is 6.47. The van der Waals surface area contributed by atoms with Crippen molar-refractivity contribution in [1.82, 2.24) is 9.80 Å². The van der Waals surface area contributed by atoms with Crippen molar-refractivity contribution in [3.8, 4) is 0 Å². The van der Waals surface area contributed by atoms with Crippen LogP contribution in [-0.4, -0.2) is 45.5 Å². The number of aryl methyl sites for hydroxylation is 1. The molecule has 2 amide bonds. The lowest BCUT2D eigenvalue weighted by Crippen LogP contribution is -2.67. The lowest BCUT2D eigenvalue weighted by molar-refractivity contribution is -0.0890. The van der Waals surface area contributed by atoms with Crippen LogP contribution in [-0.2, 0) is 6.54 Å². The number of anilines is 1. The molecule has 5 rings (SSSR count). The molecule has 3 aliphatic rings. The normalized spacial score (nSPS) is 21.8. The number of urea groups is 1. The molecule has 33 heavy (non-hydrogen) atoms. The Morgan fingerprint density at radius 3 is 2.64 bits per heavy atom. The van der Waals surface area contributed by atoms with Gasteiger partial charge in [0, 0.05) is 37.6 Å². The number of likely N-dealkylation sites (tertiary alicyclic amines) is 2. The third kappa shape index (κ3) is 4.55. The van der Waals surface area contributed by atoms with Gasteiger partial charge in [-0.2, -0.15) is 0 Å². The standard InChI is InChI=1S/C27H29FIN3O/c1-20-7-2-3-8-22(20)18-32-19-27(25(32)21-9-6-14-29-17-21)12-15-31(16-13-27)26(33)30-24-11-5-4-10-23(24)28/h2-11,14,17,25H,12-13,15-16,18-19H2,1H3,(H,30,33). The summed E-state index contributed by atoms with van der Waals surface area (Å²) in [6.07, 6.45) is 6.45. The van der Waals surface area contributed by atoms with E-state index in [0.29, 0.717) is 19.1 Å². The lowest BCUT2D eigenvalue weighted by atomic mass is 9.63. The maximum absolute atomic E-state index is 14.0. The zero-order chi connectivity index (χ0) is 22.8. The molecule has 6 heteroatoms. The molecule has 2 saturated heterocycles. The summed E-state index contributed by atoms with van der Waals surface area (Å²) in [4.78, 5) is 17.2. The van der Waals surface area contributed by atoms with Crippen LogP contribution in [0, 0.1) is 18.2 Å². The molecular weight excluding hydrogens is 528 g/mol. The van der Waals surface area contributed by atoms with Gasteiger partial charge in [-0.25, -0.2) is 9.18 Å². The maximum Gasteiger partial charge on any atom is 0.321 e. The van der Waals surface area contributed by atoms with Crippen molar-refractivity contribution in [2.45, 2.75) is 32.4 Å². The predicted molar refractivity (Wildman–Crippen MR) is 141 cm³/mol. The number of benzene rings is 2. The Labute approximate surface area is 204 Å². The number of halogens is 2. The smallest absolute Gasteiger partial charge is 0.321 e. The van der Waals surface area contributed by atoms with Crippen LogP contribution in [0.5, 0.6) is 0 Å². The van der Waals surface area contributed by atoms with Crippen LogP contribution in [0.3, 0.4) is 0 Å². The van der Waals surface area contributed by atoms with Crippen LogP contribution >= 0.6 is 20.7 Å². The van der Waals surface area contributed by atoms with Crippen LogP contribution in [0.1, 0.15) is 24.0 Å². The Hall–Kier alpha value is -2.32. The van der Waals surface area contributed by atoms with Crippen LogP contribution in [0.2, 0.25) is 0 Å². The molecule has 0 radical (unpaired) electrons. The first-order chi connectivity index (χ1) is 16.1. The van der Waals surface area contributed by atoms with Gasteiger partial charge in [0.25, 0.3) is 0 Å². The van der Waals surface area contributed by atoms with Gasteiger partial charge in [-0.1, -0.05) is 69.3 Å². The van der Waals surface area contributed by atoms with Crippen molar-refractivity contribution >= 4 is 36.5 Å². The zero-order valence-electron chi connectivity index (χ0n) is 18.8. The second-order valence-corrected chi connectivity index (χ2v) is 11.3. The number of para-hydroxylation sites is 1. The molecule has 2 aromatic rings. The van der Waals surface area contributed by atoms with Crippen molar-refractivity contribution in [1.29, 1.82) is 0 Å². The molecule has 172 valence electrons. The molecule has 0 saturated carbocycles. The number of carbonyl (C=O) groups excluding carboxylic acids is 1. The summed E-state index contributed by atoms with van der Waals surface area (Å²) in [5.74, 6) is -0.402. The Morgan fingerprint density at radius 2 is 1.91 bits per heavy atom. The van der Waals surface area contributed by atoms with Gasteiger partial charge in [-0.05, 0) is 56.7 Å². The average molecular weight is 557 g/mol. The molecule has 0 bridgehead atoms. The van der Waals surface area contributed by atoms with Gasteiger partial charge >= 0.3 is 6.03 Å². The second kappa shape index (κ2) is 9.50. The van der Waals surface area contributed by atoms with Crippen molar-refractivity contribution in [2.24, 2.45) is 5.41 Å².